The van der Waals surface area contributed by atoms with Gasteiger partial charge in [0.2, 0.25) is 0 Å². The van der Waals surface area contributed by atoms with Gasteiger partial charge in [-0.2, -0.15) is 5.10 Å². The lowest BCUT2D eigenvalue weighted by Crippen LogP contribution is -2.15. The smallest absolute Gasteiger partial charge is 0.264 e. The summed E-state index contributed by atoms with van der Waals surface area (Å²) in [5.41, 5.74) is 0.819. The molecule has 0 spiro atoms. The van der Waals surface area contributed by atoms with Crippen LogP contribution in [0, 0.1) is 11.6 Å². The van der Waals surface area contributed by atoms with Crippen LogP contribution in [0.4, 0.5) is 14.5 Å². The minimum absolute atomic E-state index is 0.0121. The normalized spacial score (nSPS) is 11.9. The molecule has 0 fully saturated rings. The third kappa shape index (κ3) is 3.21. The molecule has 0 aliphatic rings. The molecule has 0 atom stereocenters. The molecule has 2 aromatic rings. The van der Waals surface area contributed by atoms with Crippen molar-refractivity contribution in [2.24, 2.45) is 7.05 Å². The van der Waals surface area contributed by atoms with E-state index in [2.05, 4.69) is 9.82 Å². The van der Waals surface area contributed by atoms with E-state index in [9.17, 15) is 17.2 Å². The van der Waals surface area contributed by atoms with E-state index in [0.717, 1.165) is 12.1 Å². The molecule has 8 heteroatoms. The first-order valence-corrected chi connectivity index (χ1v) is 7.70. The summed E-state index contributed by atoms with van der Waals surface area (Å²) in [6.45, 7) is 3.72. The van der Waals surface area contributed by atoms with Gasteiger partial charge in [0.05, 0.1) is 11.4 Å². The Balaban J connectivity index is 2.42. The summed E-state index contributed by atoms with van der Waals surface area (Å²) in [6.07, 6.45) is 1.49. The molecule has 21 heavy (non-hydrogen) atoms. The van der Waals surface area contributed by atoms with Gasteiger partial charge >= 0.3 is 0 Å². The van der Waals surface area contributed by atoms with Gasteiger partial charge in [-0.3, -0.25) is 9.40 Å². The van der Waals surface area contributed by atoms with Crippen LogP contribution in [0.25, 0.3) is 0 Å². The topological polar surface area (TPSA) is 64.0 Å². The van der Waals surface area contributed by atoms with E-state index in [0.29, 0.717) is 11.8 Å². The van der Waals surface area contributed by atoms with E-state index in [1.165, 1.54) is 10.9 Å². The van der Waals surface area contributed by atoms with Crippen molar-refractivity contribution >= 4 is 15.7 Å². The van der Waals surface area contributed by atoms with Gasteiger partial charge in [-0.15, -0.1) is 0 Å². The average Bonchev–Trinajstić information content (AvgIpc) is 2.68. The fraction of sp³-hybridized carbons (Fsp3) is 0.308. The molecular formula is C13H15F2N3O2S. The maximum absolute atomic E-state index is 13.6. The van der Waals surface area contributed by atoms with Crippen molar-refractivity contribution in [3.05, 3.63) is 41.7 Å². The highest BCUT2D eigenvalue weighted by molar-refractivity contribution is 7.92. The predicted octanol–water partition coefficient (Wildman–Crippen LogP) is 2.62. The monoisotopic (exact) mass is 315 g/mol. The number of hydrogen-bond acceptors (Lipinski definition) is 3. The van der Waals surface area contributed by atoms with E-state index in [1.54, 1.807) is 7.05 Å². The number of nitrogens with one attached hydrogen (secondary N) is 1. The Kier molecular flexibility index (Phi) is 3.99. The van der Waals surface area contributed by atoms with Crippen molar-refractivity contribution in [3.63, 3.8) is 0 Å². The fourth-order valence-corrected chi connectivity index (χ4v) is 3.02. The number of aryl methyl sites for hydroxylation is 1. The van der Waals surface area contributed by atoms with E-state index >= 15 is 0 Å². The molecule has 1 heterocycles. The standard InChI is InChI=1S/C13H15F2N3O2S/c1-8(2)13-11(7-18(3)16-13)17-21(19,20)12-5-4-9(14)6-10(12)15/h4-8,17H,1-3H3. The molecule has 1 aromatic heterocycles. The molecule has 0 saturated heterocycles. The second-order valence-corrected chi connectivity index (χ2v) is 6.59. The predicted molar refractivity (Wildman–Crippen MR) is 74.5 cm³/mol. The molecule has 1 aromatic carbocycles. The van der Waals surface area contributed by atoms with E-state index in [4.69, 9.17) is 0 Å². The summed E-state index contributed by atoms with van der Waals surface area (Å²) in [6, 6.07) is 2.31. The number of aromatic nitrogens is 2. The highest BCUT2D eigenvalue weighted by atomic mass is 32.2. The zero-order valence-corrected chi connectivity index (χ0v) is 12.6. The summed E-state index contributed by atoms with van der Waals surface area (Å²) in [7, 11) is -2.49. The molecule has 0 aliphatic heterocycles. The third-order valence-corrected chi connectivity index (χ3v) is 4.23. The Morgan fingerprint density at radius 2 is 1.95 bits per heavy atom. The zero-order valence-electron chi connectivity index (χ0n) is 11.8. The third-order valence-electron chi connectivity index (χ3n) is 2.83. The van der Waals surface area contributed by atoms with Gasteiger partial charge in [0.25, 0.3) is 10.0 Å². The number of anilines is 1. The Morgan fingerprint density at radius 1 is 1.29 bits per heavy atom. The van der Waals surface area contributed by atoms with E-state index < -0.39 is 26.6 Å². The molecular weight excluding hydrogens is 300 g/mol. The van der Waals surface area contributed by atoms with Gasteiger partial charge in [0, 0.05) is 19.3 Å². The maximum atomic E-state index is 13.6. The largest absolute Gasteiger partial charge is 0.276 e. The van der Waals surface area contributed by atoms with Gasteiger partial charge < -0.3 is 0 Å². The molecule has 0 radical (unpaired) electrons. The summed E-state index contributed by atoms with van der Waals surface area (Å²) in [5.74, 6) is -1.99. The Bertz CT molecular complexity index is 770. The molecule has 0 bridgehead atoms. The molecule has 5 nitrogen and oxygen atoms in total. The summed E-state index contributed by atoms with van der Waals surface area (Å²) in [4.78, 5) is -0.609. The van der Waals surface area contributed by atoms with Gasteiger partial charge in [-0.25, -0.2) is 17.2 Å². The average molecular weight is 315 g/mol. The molecule has 2 rings (SSSR count). The van der Waals surface area contributed by atoms with Crippen molar-refractivity contribution in [3.8, 4) is 0 Å². The highest BCUT2D eigenvalue weighted by Gasteiger charge is 2.22. The minimum Gasteiger partial charge on any atom is -0.276 e. The Hall–Kier alpha value is -1.96. The lowest BCUT2D eigenvalue weighted by Gasteiger charge is -2.10. The first-order chi connectivity index (χ1) is 9.70. The van der Waals surface area contributed by atoms with Crippen LogP contribution in [-0.4, -0.2) is 18.2 Å². The fourth-order valence-electron chi connectivity index (χ4n) is 1.90. The molecule has 0 aliphatic carbocycles. The second kappa shape index (κ2) is 5.44. The molecule has 114 valence electrons. The van der Waals surface area contributed by atoms with Gasteiger partial charge in [0.1, 0.15) is 16.5 Å². The second-order valence-electron chi connectivity index (χ2n) is 4.94. The Labute approximate surface area is 121 Å². The quantitative estimate of drug-likeness (QED) is 0.943. The first kappa shape index (κ1) is 15.4. The number of sulfonamides is 1. The maximum Gasteiger partial charge on any atom is 0.264 e. The van der Waals surface area contributed by atoms with Crippen molar-refractivity contribution in [1.29, 1.82) is 0 Å². The van der Waals surface area contributed by atoms with Gasteiger partial charge in [-0.1, -0.05) is 13.8 Å². The first-order valence-electron chi connectivity index (χ1n) is 6.22. The van der Waals surface area contributed by atoms with Crippen LogP contribution in [0.3, 0.4) is 0 Å². The summed E-state index contributed by atoms with van der Waals surface area (Å²) < 4.78 is 54.7. The highest BCUT2D eigenvalue weighted by Crippen LogP contribution is 2.25. The number of benzene rings is 1. The SMILES string of the molecule is CC(C)c1nn(C)cc1NS(=O)(=O)c1ccc(F)cc1F. The van der Waals surface area contributed by atoms with Crippen molar-refractivity contribution in [2.45, 2.75) is 24.7 Å². The van der Waals surface area contributed by atoms with E-state index in [1.807, 2.05) is 13.8 Å². The number of rotatable bonds is 4. The van der Waals surface area contributed by atoms with Crippen LogP contribution in [0.15, 0.2) is 29.3 Å². The molecule has 0 saturated carbocycles. The van der Waals surface area contributed by atoms with Crippen molar-refractivity contribution < 1.29 is 17.2 Å². The van der Waals surface area contributed by atoms with Crippen LogP contribution in [0.5, 0.6) is 0 Å². The number of hydrogen-bond donors (Lipinski definition) is 1. The van der Waals surface area contributed by atoms with Gasteiger partial charge in [-0.05, 0) is 18.1 Å². The van der Waals surface area contributed by atoms with Crippen LogP contribution >= 0.6 is 0 Å². The van der Waals surface area contributed by atoms with E-state index in [-0.39, 0.29) is 11.6 Å². The van der Waals surface area contributed by atoms with Crippen LogP contribution in [0.2, 0.25) is 0 Å². The molecule has 0 amide bonds. The minimum atomic E-state index is -4.15. The number of nitrogens with zero attached hydrogens (tertiary/aromatic N) is 2. The summed E-state index contributed by atoms with van der Waals surface area (Å²) >= 11 is 0. The number of halogens is 2. The van der Waals surface area contributed by atoms with Crippen LogP contribution < -0.4 is 4.72 Å². The molecule has 1 N–H and O–H groups in total. The van der Waals surface area contributed by atoms with Crippen LogP contribution in [-0.2, 0) is 17.1 Å². The zero-order chi connectivity index (χ0) is 15.8. The molecule has 0 unspecified atom stereocenters. The Morgan fingerprint density at radius 3 is 2.52 bits per heavy atom. The van der Waals surface area contributed by atoms with Crippen molar-refractivity contribution in [2.75, 3.05) is 4.72 Å². The van der Waals surface area contributed by atoms with Crippen molar-refractivity contribution in [1.82, 2.24) is 9.78 Å². The van der Waals surface area contributed by atoms with Crippen LogP contribution in [0.1, 0.15) is 25.5 Å². The lowest BCUT2D eigenvalue weighted by molar-refractivity contribution is 0.551. The summed E-state index contributed by atoms with van der Waals surface area (Å²) in [5, 5.41) is 4.16. The van der Waals surface area contributed by atoms with Gasteiger partial charge in [0.15, 0.2) is 0 Å². The lowest BCUT2D eigenvalue weighted by atomic mass is 10.1.